The Morgan fingerprint density at radius 2 is 1.94 bits per heavy atom. The van der Waals surface area contributed by atoms with Crippen LogP contribution in [0.3, 0.4) is 0 Å². The smallest absolute Gasteiger partial charge is 0.0169 e. The van der Waals surface area contributed by atoms with Crippen molar-refractivity contribution >= 4 is 0 Å². The van der Waals surface area contributed by atoms with Gasteiger partial charge in [0.1, 0.15) is 0 Å². The van der Waals surface area contributed by atoms with Gasteiger partial charge in [0.25, 0.3) is 0 Å². The number of likely N-dealkylation sites (tertiary alicyclic amines) is 1. The molecule has 0 aromatic carbocycles. The minimum absolute atomic E-state index is 0.692. The van der Waals surface area contributed by atoms with Gasteiger partial charge in [-0.15, -0.1) is 0 Å². The van der Waals surface area contributed by atoms with Gasteiger partial charge in [0, 0.05) is 18.6 Å². The van der Waals surface area contributed by atoms with Crippen molar-refractivity contribution in [3.05, 3.63) is 0 Å². The predicted molar refractivity (Wildman–Crippen MR) is 72.1 cm³/mol. The highest BCUT2D eigenvalue weighted by Crippen LogP contribution is 2.44. The van der Waals surface area contributed by atoms with Crippen LogP contribution in [0.2, 0.25) is 0 Å². The van der Waals surface area contributed by atoms with Crippen molar-refractivity contribution < 1.29 is 0 Å². The summed E-state index contributed by atoms with van der Waals surface area (Å²) in [5, 5.41) is 3.92. The van der Waals surface area contributed by atoms with E-state index in [9.17, 15) is 0 Å². The van der Waals surface area contributed by atoms with E-state index in [-0.39, 0.29) is 0 Å². The maximum Gasteiger partial charge on any atom is 0.0169 e. The summed E-state index contributed by atoms with van der Waals surface area (Å²) in [5.74, 6) is 2.09. The first-order valence-corrected chi connectivity index (χ1v) is 7.79. The van der Waals surface area contributed by atoms with E-state index >= 15 is 0 Å². The van der Waals surface area contributed by atoms with E-state index in [1.807, 2.05) is 0 Å². The van der Waals surface area contributed by atoms with E-state index in [0.29, 0.717) is 6.04 Å². The van der Waals surface area contributed by atoms with E-state index in [4.69, 9.17) is 0 Å². The van der Waals surface area contributed by atoms with Crippen LogP contribution >= 0.6 is 0 Å². The number of rotatable bonds is 4. The molecular weight excluding hydrogens is 208 g/mol. The van der Waals surface area contributed by atoms with Crippen molar-refractivity contribution in [3.63, 3.8) is 0 Å². The van der Waals surface area contributed by atoms with Crippen molar-refractivity contribution in [2.75, 3.05) is 19.6 Å². The molecule has 1 N–H and O–H groups in total. The Labute approximate surface area is 106 Å². The molecule has 0 radical (unpaired) electrons. The number of hydrogen-bond donors (Lipinski definition) is 1. The van der Waals surface area contributed by atoms with Crippen molar-refractivity contribution in [2.45, 2.75) is 64.0 Å². The molecule has 2 nitrogen and oxygen atoms in total. The fourth-order valence-corrected chi connectivity index (χ4v) is 4.40. The van der Waals surface area contributed by atoms with Gasteiger partial charge < -0.3 is 10.2 Å². The van der Waals surface area contributed by atoms with Crippen LogP contribution in [0.4, 0.5) is 0 Å². The third-order valence-electron chi connectivity index (χ3n) is 5.22. The fraction of sp³-hybridized carbons (Fsp3) is 1.00. The number of nitrogens with one attached hydrogen (secondary N) is 1. The summed E-state index contributed by atoms with van der Waals surface area (Å²) in [5.41, 5.74) is 0. The Hall–Kier alpha value is -0.0800. The lowest BCUT2D eigenvalue weighted by molar-refractivity contribution is 0.196. The summed E-state index contributed by atoms with van der Waals surface area (Å²) in [6.07, 6.45) is 10.3. The van der Waals surface area contributed by atoms with Gasteiger partial charge in [0.05, 0.1) is 0 Å². The third-order valence-corrected chi connectivity index (χ3v) is 5.22. The van der Waals surface area contributed by atoms with Gasteiger partial charge in [-0.25, -0.2) is 0 Å². The molecule has 0 aromatic rings. The second-order valence-corrected chi connectivity index (χ2v) is 6.71. The lowest BCUT2D eigenvalue weighted by atomic mass is 9.95. The summed E-state index contributed by atoms with van der Waals surface area (Å²) >= 11 is 0. The standard InChI is InChI=1S/C15H28N2/c1-12(11-17-7-3-2-4-8-17)16-15-10-13-5-6-14(15)9-13/h12-16H,2-11H2,1H3. The Morgan fingerprint density at radius 3 is 2.59 bits per heavy atom. The summed E-state index contributed by atoms with van der Waals surface area (Å²) in [7, 11) is 0. The van der Waals surface area contributed by atoms with E-state index in [0.717, 1.165) is 17.9 Å². The molecule has 1 saturated heterocycles. The molecule has 3 fully saturated rings. The zero-order valence-electron chi connectivity index (χ0n) is 11.3. The lowest BCUT2D eigenvalue weighted by Crippen LogP contribution is -2.46. The van der Waals surface area contributed by atoms with Crippen LogP contribution in [0.25, 0.3) is 0 Å². The van der Waals surface area contributed by atoms with Crippen LogP contribution in [0, 0.1) is 11.8 Å². The molecule has 98 valence electrons. The van der Waals surface area contributed by atoms with Gasteiger partial charge in [-0.2, -0.15) is 0 Å². The second-order valence-electron chi connectivity index (χ2n) is 6.71. The summed E-state index contributed by atoms with van der Waals surface area (Å²) in [4.78, 5) is 2.66. The Balaban J connectivity index is 1.42. The number of nitrogens with zero attached hydrogens (tertiary/aromatic N) is 1. The normalized spacial score (nSPS) is 39.7. The molecule has 3 aliphatic rings. The van der Waals surface area contributed by atoms with Crippen molar-refractivity contribution in [2.24, 2.45) is 11.8 Å². The summed E-state index contributed by atoms with van der Waals surface area (Å²) in [6, 6.07) is 1.55. The van der Waals surface area contributed by atoms with Crippen LogP contribution in [0.15, 0.2) is 0 Å². The molecule has 0 aromatic heterocycles. The first-order chi connectivity index (χ1) is 8.31. The lowest BCUT2D eigenvalue weighted by Gasteiger charge is -2.32. The van der Waals surface area contributed by atoms with E-state index in [1.54, 1.807) is 0 Å². The fourth-order valence-electron chi connectivity index (χ4n) is 4.40. The highest BCUT2D eigenvalue weighted by atomic mass is 15.2. The van der Waals surface area contributed by atoms with Crippen molar-refractivity contribution in [3.8, 4) is 0 Å². The zero-order chi connectivity index (χ0) is 11.7. The number of hydrogen-bond acceptors (Lipinski definition) is 2. The molecule has 0 spiro atoms. The maximum atomic E-state index is 3.92. The Bertz CT molecular complexity index is 247. The molecule has 4 atom stereocenters. The van der Waals surface area contributed by atoms with Gasteiger partial charge in [0.2, 0.25) is 0 Å². The topological polar surface area (TPSA) is 15.3 Å². The highest BCUT2D eigenvalue weighted by molar-refractivity contribution is 4.95. The van der Waals surface area contributed by atoms with Crippen molar-refractivity contribution in [1.29, 1.82) is 0 Å². The Kier molecular flexibility index (Phi) is 3.72. The van der Waals surface area contributed by atoms with Crippen LogP contribution in [0.1, 0.15) is 51.9 Å². The summed E-state index contributed by atoms with van der Waals surface area (Å²) in [6.45, 7) is 6.33. The highest BCUT2D eigenvalue weighted by Gasteiger charge is 2.39. The van der Waals surface area contributed by atoms with Gasteiger partial charge in [-0.05, 0) is 64.0 Å². The monoisotopic (exact) mass is 236 g/mol. The molecule has 2 saturated carbocycles. The van der Waals surface area contributed by atoms with E-state index in [2.05, 4.69) is 17.1 Å². The summed E-state index contributed by atoms with van der Waals surface area (Å²) < 4.78 is 0. The molecule has 1 aliphatic heterocycles. The van der Waals surface area contributed by atoms with Crippen LogP contribution in [-0.4, -0.2) is 36.6 Å². The van der Waals surface area contributed by atoms with Crippen LogP contribution in [-0.2, 0) is 0 Å². The largest absolute Gasteiger partial charge is 0.310 e. The Morgan fingerprint density at radius 1 is 1.12 bits per heavy atom. The quantitative estimate of drug-likeness (QED) is 0.807. The van der Waals surface area contributed by atoms with E-state index < -0.39 is 0 Å². The van der Waals surface area contributed by atoms with Gasteiger partial charge >= 0.3 is 0 Å². The van der Waals surface area contributed by atoms with Crippen LogP contribution in [0.5, 0.6) is 0 Å². The molecule has 17 heavy (non-hydrogen) atoms. The van der Waals surface area contributed by atoms with E-state index in [1.165, 1.54) is 64.6 Å². The molecule has 2 bridgehead atoms. The molecule has 2 heteroatoms. The number of piperidine rings is 1. The molecule has 2 aliphatic carbocycles. The van der Waals surface area contributed by atoms with Crippen LogP contribution < -0.4 is 5.32 Å². The van der Waals surface area contributed by atoms with Gasteiger partial charge in [-0.3, -0.25) is 0 Å². The molecule has 3 rings (SSSR count). The molecular formula is C15H28N2. The molecule has 4 unspecified atom stereocenters. The minimum atomic E-state index is 0.692. The average molecular weight is 236 g/mol. The molecule has 0 amide bonds. The van der Waals surface area contributed by atoms with Crippen molar-refractivity contribution in [1.82, 2.24) is 10.2 Å². The predicted octanol–water partition coefficient (Wildman–Crippen LogP) is 2.64. The third kappa shape index (κ3) is 2.85. The first-order valence-electron chi connectivity index (χ1n) is 7.79. The maximum absolute atomic E-state index is 3.92. The SMILES string of the molecule is CC(CN1CCCCC1)NC1CC2CCC1C2. The second kappa shape index (κ2) is 5.27. The van der Waals surface area contributed by atoms with Gasteiger partial charge in [-0.1, -0.05) is 12.8 Å². The minimum Gasteiger partial charge on any atom is -0.310 e. The number of fused-ring (bicyclic) bond motifs is 2. The first kappa shape index (κ1) is 12.0. The average Bonchev–Trinajstić information content (AvgIpc) is 2.92. The zero-order valence-corrected chi connectivity index (χ0v) is 11.3. The molecule has 1 heterocycles. The van der Waals surface area contributed by atoms with Gasteiger partial charge in [0.15, 0.2) is 0 Å².